The van der Waals surface area contributed by atoms with E-state index in [0.717, 1.165) is 10.7 Å². The second-order valence-electron chi connectivity index (χ2n) is 5.25. The summed E-state index contributed by atoms with van der Waals surface area (Å²) in [5.74, 6) is -0.188. The number of aromatic nitrogens is 4. The van der Waals surface area contributed by atoms with E-state index >= 15 is 0 Å². The van der Waals surface area contributed by atoms with E-state index in [9.17, 15) is 4.79 Å². The van der Waals surface area contributed by atoms with Crippen LogP contribution in [0.3, 0.4) is 0 Å². The zero-order valence-electron chi connectivity index (χ0n) is 11.9. The number of hydrogen-bond acceptors (Lipinski definition) is 5. The molecule has 0 radical (unpaired) electrons. The number of thiazole rings is 1. The fourth-order valence-electron chi connectivity index (χ4n) is 1.62. The summed E-state index contributed by atoms with van der Waals surface area (Å²) in [6.07, 6.45) is 6.25. The van der Waals surface area contributed by atoms with Gasteiger partial charge >= 0.3 is 0 Å². The normalized spacial score (nSPS) is 12.0. The summed E-state index contributed by atoms with van der Waals surface area (Å²) < 4.78 is 1.67. The molecule has 0 bridgehead atoms. The van der Waals surface area contributed by atoms with Crippen molar-refractivity contribution in [2.45, 2.75) is 33.1 Å². The number of carbonyl (C=O) groups is 1. The summed E-state index contributed by atoms with van der Waals surface area (Å²) in [5, 5.41) is 8.32. The molecule has 0 aliphatic heterocycles. The molecule has 7 heteroatoms. The third kappa shape index (κ3) is 3.11. The number of anilines is 1. The Morgan fingerprint density at radius 3 is 2.75 bits per heavy atom. The number of amides is 1. The van der Waals surface area contributed by atoms with Gasteiger partial charge in [0.05, 0.1) is 5.69 Å². The Morgan fingerprint density at radius 2 is 2.20 bits per heavy atom. The van der Waals surface area contributed by atoms with Gasteiger partial charge in [-0.3, -0.25) is 10.1 Å². The first-order valence-electron chi connectivity index (χ1n) is 6.22. The van der Waals surface area contributed by atoms with Crippen LogP contribution in [-0.4, -0.2) is 25.7 Å². The molecule has 0 aromatic carbocycles. The van der Waals surface area contributed by atoms with Crippen LogP contribution in [0.15, 0.2) is 24.8 Å². The van der Waals surface area contributed by atoms with Gasteiger partial charge in [0.15, 0.2) is 5.13 Å². The molecule has 20 heavy (non-hydrogen) atoms. The topological polar surface area (TPSA) is 72.7 Å². The van der Waals surface area contributed by atoms with Gasteiger partial charge in [0.1, 0.15) is 17.7 Å². The molecule has 0 unspecified atom stereocenters. The molecule has 0 saturated heterocycles. The number of nitrogens with zero attached hydrogens (tertiary/aromatic N) is 4. The lowest BCUT2D eigenvalue weighted by Gasteiger charge is -2.16. The predicted molar refractivity (Wildman–Crippen MR) is 79.2 cm³/mol. The van der Waals surface area contributed by atoms with Crippen molar-refractivity contribution in [2.75, 3.05) is 5.32 Å². The van der Waals surface area contributed by atoms with Crippen LogP contribution in [0.2, 0.25) is 0 Å². The molecular formula is C13H17N5OS. The predicted octanol–water partition coefficient (Wildman–Crippen LogP) is 2.54. The quantitative estimate of drug-likeness (QED) is 0.882. The summed E-state index contributed by atoms with van der Waals surface area (Å²) in [6, 6.07) is 0. The van der Waals surface area contributed by atoms with Crippen LogP contribution in [-0.2, 0) is 10.2 Å². The summed E-state index contributed by atoms with van der Waals surface area (Å²) in [4.78, 5) is 20.1. The maximum absolute atomic E-state index is 11.6. The zero-order chi connectivity index (χ0) is 14.8. The number of allylic oxidation sites excluding steroid dienone is 1. The Balaban J connectivity index is 2.40. The minimum atomic E-state index is -0.188. The van der Waals surface area contributed by atoms with Crippen LogP contribution in [0.1, 0.15) is 33.4 Å². The van der Waals surface area contributed by atoms with Gasteiger partial charge in [0.25, 0.3) is 0 Å². The third-order valence-corrected chi connectivity index (χ3v) is 3.46. The average molecular weight is 291 g/mol. The molecular weight excluding hydrogens is 274 g/mol. The molecule has 2 aromatic heterocycles. The van der Waals surface area contributed by atoms with E-state index in [4.69, 9.17) is 0 Å². The molecule has 0 saturated carbocycles. The monoisotopic (exact) mass is 291 g/mol. The van der Waals surface area contributed by atoms with Crippen molar-refractivity contribution in [1.29, 1.82) is 0 Å². The highest BCUT2D eigenvalue weighted by molar-refractivity contribution is 7.18. The van der Waals surface area contributed by atoms with Gasteiger partial charge in [-0.05, 0) is 13.0 Å². The molecule has 2 rings (SSSR count). The van der Waals surface area contributed by atoms with E-state index in [2.05, 4.69) is 41.2 Å². The Morgan fingerprint density at radius 1 is 1.45 bits per heavy atom. The van der Waals surface area contributed by atoms with Crippen molar-refractivity contribution >= 4 is 22.4 Å². The van der Waals surface area contributed by atoms with Gasteiger partial charge in [-0.15, -0.1) is 0 Å². The number of carbonyl (C=O) groups excluding carboxylic acids is 1. The second-order valence-corrected chi connectivity index (χ2v) is 6.23. The van der Waals surface area contributed by atoms with Crippen LogP contribution in [0.4, 0.5) is 5.13 Å². The van der Waals surface area contributed by atoms with Crippen molar-refractivity contribution in [1.82, 2.24) is 19.7 Å². The van der Waals surface area contributed by atoms with Crippen LogP contribution in [0.25, 0.3) is 5.00 Å². The van der Waals surface area contributed by atoms with Crippen molar-refractivity contribution in [3.05, 3.63) is 30.5 Å². The average Bonchev–Trinajstić information content (AvgIpc) is 2.95. The van der Waals surface area contributed by atoms with Gasteiger partial charge in [-0.25, -0.2) is 14.6 Å². The summed E-state index contributed by atoms with van der Waals surface area (Å²) >= 11 is 1.38. The highest BCUT2D eigenvalue weighted by Crippen LogP contribution is 2.34. The van der Waals surface area contributed by atoms with E-state index in [-0.39, 0.29) is 11.3 Å². The minimum Gasteiger partial charge on any atom is -0.298 e. The lowest BCUT2D eigenvalue weighted by Crippen LogP contribution is -2.15. The Labute approximate surface area is 121 Å². The molecule has 6 nitrogen and oxygen atoms in total. The fraction of sp³-hybridized carbons (Fsp3) is 0.385. The molecule has 2 heterocycles. The first kappa shape index (κ1) is 14.4. The first-order valence-corrected chi connectivity index (χ1v) is 7.03. The molecule has 1 amide bonds. The van der Waals surface area contributed by atoms with Crippen LogP contribution >= 0.6 is 11.3 Å². The summed E-state index contributed by atoms with van der Waals surface area (Å²) in [7, 11) is 0. The SMILES string of the molecule is CC=CC(=O)Nc1nc(C(C)(C)C)c(-n2cncn2)s1. The Bertz CT molecular complexity index is 622. The van der Waals surface area contributed by atoms with Crippen molar-refractivity contribution < 1.29 is 4.79 Å². The lowest BCUT2D eigenvalue weighted by molar-refractivity contribution is -0.111. The largest absolute Gasteiger partial charge is 0.298 e. The number of rotatable bonds is 3. The van der Waals surface area contributed by atoms with E-state index in [0.29, 0.717) is 5.13 Å². The van der Waals surface area contributed by atoms with Gasteiger partial charge in [-0.1, -0.05) is 38.2 Å². The standard InChI is InChI=1S/C13H17N5OS/c1-5-6-9(19)16-12-17-10(13(2,3)4)11(20-12)18-8-14-7-15-18/h5-8H,1-4H3,(H,16,17,19). The van der Waals surface area contributed by atoms with Crippen LogP contribution in [0, 0.1) is 0 Å². The van der Waals surface area contributed by atoms with E-state index < -0.39 is 0 Å². The van der Waals surface area contributed by atoms with Gasteiger partial charge in [0, 0.05) is 5.41 Å². The van der Waals surface area contributed by atoms with Crippen LogP contribution < -0.4 is 5.32 Å². The Hall–Kier alpha value is -2.02. The first-order chi connectivity index (χ1) is 9.41. The molecule has 0 aliphatic carbocycles. The minimum absolute atomic E-state index is 0.151. The molecule has 1 N–H and O–H groups in total. The number of hydrogen-bond donors (Lipinski definition) is 1. The second kappa shape index (κ2) is 5.54. The highest BCUT2D eigenvalue weighted by Gasteiger charge is 2.25. The number of nitrogens with one attached hydrogen (secondary N) is 1. The summed E-state index contributed by atoms with van der Waals surface area (Å²) in [5.41, 5.74) is 0.727. The van der Waals surface area contributed by atoms with Gasteiger partial charge in [-0.2, -0.15) is 5.10 Å². The fourth-order valence-corrected chi connectivity index (χ4v) is 2.73. The maximum Gasteiger partial charge on any atom is 0.249 e. The zero-order valence-corrected chi connectivity index (χ0v) is 12.7. The third-order valence-electron chi connectivity index (χ3n) is 2.49. The smallest absolute Gasteiger partial charge is 0.249 e. The van der Waals surface area contributed by atoms with E-state index in [1.807, 2.05) is 0 Å². The van der Waals surface area contributed by atoms with Crippen molar-refractivity contribution in [3.8, 4) is 5.00 Å². The van der Waals surface area contributed by atoms with Crippen LogP contribution in [0.5, 0.6) is 0 Å². The molecule has 0 spiro atoms. The molecule has 0 fully saturated rings. The molecule has 2 aromatic rings. The van der Waals surface area contributed by atoms with Gasteiger partial charge in [0.2, 0.25) is 5.91 Å². The highest BCUT2D eigenvalue weighted by atomic mass is 32.1. The van der Waals surface area contributed by atoms with E-state index in [1.165, 1.54) is 23.7 Å². The Kier molecular flexibility index (Phi) is 3.99. The molecule has 0 aliphatic rings. The van der Waals surface area contributed by atoms with Crippen molar-refractivity contribution in [2.24, 2.45) is 0 Å². The molecule has 0 atom stereocenters. The lowest BCUT2D eigenvalue weighted by atomic mass is 9.92. The molecule has 106 valence electrons. The van der Waals surface area contributed by atoms with Gasteiger partial charge < -0.3 is 0 Å². The van der Waals surface area contributed by atoms with E-state index in [1.54, 1.807) is 24.0 Å². The van der Waals surface area contributed by atoms with Crippen molar-refractivity contribution in [3.63, 3.8) is 0 Å². The maximum atomic E-state index is 11.6. The summed E-state index contributed by atoms with van der Waals surface area (Å²) in [6.45, 7) is 8.00.